The zero-order valence-corrected chi connectivity index (χ0v) is 13.3. The third kappa shape index (κ3) is 2.69. The molecule has 3 rings (SSSR count). The summed E-state index contributed by atoms with van der Waals surface area (Å²) in [5, 5.41) is 0. The summed E-state index contributed by atoms with van der Waals surface area (Å²) in [6.45, 7) is 0.683. The van der Waals surface area contributed by atoms with E-state index in [1.54, 1.807) is 13.4 Å². The molecule has 3 aromatic rings. The van der Waals surface area contributed by atoms with Gasteiger partial charge in [0.05, 0.1) is 13.4 Å². The van der Waals surface area contributed by atoms with Crippen molar-refractivity contribution in [3.63, 3.8) is 0 Å². The fourth-order valence-corrected chi connectivity index (χ4v) is 2.54. The molecule has 2 heterocycles. The standard InChI is InChI=1S/C14H14BrN5O/c1-20(6-9-5-10(21-2)3-4-11(9)15)14-12-13(17-7-16-12)18-8-19-14/h3-5,7-8H,6H2,1-2H3,(H,16,17,18,19). The van der Waals surface area contributed by atoms with Crippen LogP contribution in [0.2, 0.25) is 0 Å². The van der Waals surface area contributed by atoms with Crippen LogP contribution in [0.4, 0.5) is 5.82 Å². The number of methoxy groups -OCH3 is 1. The van der Waals surface area contributed by atoms with Gasteiger partial charge >= 0.3 is 0 Å². The molecule has 0 unspecified atom stereocenters. The summed E-state index contributed by atoms with van der Waals surface area (Å²) in [4.78, 5) is 17.7. The average Bonchev–Trinajstić information content (AvgIpc) is 2.97. The first-order valence-corrected chi connectivity index (χ1v) is 7.16. The fourth-order valence-electron chi connectivity index (χ4n) is 2.17. The van der Waals surface area contributed by atoms with E-state index < -0.39 is 0 Å². The van der Waals surface area contributed by atoms with Gasteiger partial charge in [-0.25, -0.2) is 15.0 Å². The second-order valence-corrected chi connectivity index (χ2v) is 5.47. The fraction of sp³-hybridized carbons (Fsp3) is 0.214. The summed E-state index contributed by atoms with van der Waals surface area (Å²) in [5.41, 5.74) is 2.61. The van der Waals surface area contributed by atoms with Crippen LogP contribution >= 0.6 is 15.9 Å². The van der Waals surface area contributed by atoms with Crippen LogP contribution in [-0.2, 0) is 6.54 Å². The minimum Gasteiger partial charge on any atom is -0.497 e. The molecule has 108 valence electrons. The van der Waals surface area contributed by atoms with Crippen molar-refractivity contribution in [2.75, 3.05) is 19.1 Å². The van der Waals surface area contributed by atoms with Crippen molar-refractivity contribution < 1.29 is 4.74 Å². The molecule has 0 bridgehead atoms. The van der Waals surface area contributed by atoms with E-state index in [4.69, 9.17) is 4.74 Å². The van der Waals surface area contributed by atoms with Crippen LogP contribution in [0.5, 0.6) is 5.75 Å². The molecule has 0 aliphatic heterocycles. The molecular weight excluding hydrogens is 334 g/mol. The molecule has 2 aromatic heterocycles. The zero-order valence-electron chi connectivity index (χ0n) is 11.7. The maximum Gasteiger partial charge on any atom is 0.182 e. The van der Waals surface area contributed by atoms with Gasteiger partial charge in [-0.05, 0) is 23.8 Å². The molecule has 0 radical (unpaired) electrons. The highest BCUT2D eigenvalue weighted by Gasteiger charge is 2.12. The van der Waals surface area contributed by atoms with Gasteiger partial charge in [0.1, 0.15) is 17.6 Å². The number of anilines is 1. The van der Waals surface area contributed by atoms with Gasteiger partial charge in [-0.1, -0.05) is 15.9 Å². The lowest BCUT2D eigenvalue weighted by Crippen LogP contribution is -2.18. The van der Waals surface area contributed by atoms with Crippen LogP contribution in [-0.4, -0.2) is 34.1 Å². The largest absolute Gasteiger partial charge is 0.497 e. The maximum absolute atomic E-state index is 5.27. The van der Waals surface area contributed by atoms with E-state index in [9.17, 15) is 0 Å². The quantitative estimate of drug-likeness (QED) is 0.785. The number of hydrogen-bond donors (Lipinski definition) is 1. The number of aromatic amines is 1. The Hall–Kier alpha value is -2.15. The summed E-state index contributed by atoms with van der Waals surface area (Å²) >= 11 is 3.57. The Morgan fingerprint density at radius 1 is 1.29 bits per heavy atom. The van der Waals surface area contributed by atoms with Crippen LogP contribution in [0.25, 0.3) is 11.2 Å². The third-order valence-electron chi connectivity index (χ3n) is 3.22. The highest BCUT2D eigenvalue weighted by atomic mass is 79.9. The molecule has 21 heavy (non-hydrogen) atoms. The molecule has 0 aliphatic carbocycles. The number of hydrogen-bond acceptors (Lipinski definition) is 5. The van der Waals surface area contributed by atoms with Gasteiger partial charge in [0.25, 0.3) is 0 Å². The lowest BCUT2D eigenvalue weighted by molar-refractivity contribution is 0.414. The summed E-state index contributed by atoms with van der Waals surface area (Å²) in [5.74, 6) is 1.64. The molecule has 0 aliphatic rings. The van der Waals surface area contributed by atoms with Gasteiger partial charge in [-0.3, -0.25) is 0 Å². The van der Waals surface area contributed by atoms with Crippen LogP contribution in [0.1, 0.15) is 5.56 Å². The van der Waals surface area contributed by atoms with Crippen molar-refractivity contribution in [1.29, 1.82) is 0 Å². The highest BCUT2D eigenvalue weighted by molar-refractivity contribution is 9.10. The number of aromatic nitrogens is 4. The number of nitrogens with zero attached hydrogens (tertiary/aromatic N) is 4. The van der Waals surface area contributed by atoms with Crippen molar-refractivity contribution in [3.8, 4) is 5.75 Å². The van der Waals surface area contributed by atoms with Crippen molar-refractivity contribution >= 4 is 32.9 Å². The van der Waals surface area contributed by atoms with Gasteiger partial charge in [-0.15, -0.1) is 0 Å². The first kappa shape index (κ1) is 13.8. The number of ether oxygens (including phenoxy) is 1. The topological polar surface area (TPSA) is 66.9 Å². The average molecular weight is 348 g/mol. The van der Waals surface area contributed by atoms with E-state index in [-0.39, 0.29) is 0 Å². The maximum atomic E-state index is 5.27. The second kappa shape index (κ2) is 5.69. The predicted octanol–water partition coefficient (Wildman–Crippen LogP) is 2.76. The molecule has 1 N–H and O–H groups in total. The van der Waals surface area contributed by atoms with E-state index in [2.05, 4.69) is 35.9 Å². The number of halogens is 1. The van der Waals surface area contributed by atoms with Crippen LogP contribution in [0, 0.1) is 0 Å². The highest BCUT2D eigenvalue weighted by Crippen LogP contribution is 2.26. The molecular formula is C14H14BrN5O. The number of fused-ring (bicyclic) bond motifs is 1. The predicted molar refractivity (Wildman–Crippen MR) is 84.5 cm³/mol. The minimum atomic E-state index is 0.663. The normalized spacial score (nSPS) is 10.8. The third-order valence-corrected chi connectivity index (χ3v) is 4.00. The van der Waals surface area contributed by atoms with E-state index in [1.807, 2.05) is 30.1 Å². The zero-order chi connectivity index (χ0) is 14.8. The second-order valence-electron chi connectivity index (χ2n) is 4.61. The monoisotopic (exact) mass is 347 g/mol. The van der Waals surface area contributed by atoms with Gasteiger partial charge < -0.3 is 14.6 Å². The van der Waals surface area contributed by atoms with Gasteiger partial charge in [-0.2, -0.15) is 0 Å². The van der Waals surface area contributed by atoms with E-state index in [0.717, 1.165) is 27.1 Å². The molecule has 0 atom stereocenters. The van der Waals surface area contributed by atoms with Crippen LogP contribution in [0.3, 0.4) is 0 Å². The summed E-state index contributed by atoms with van der Waals surface area (Å²) in [7, 11) is 3.64. The first-order chi connectivity index (χ1) is 10.2. The van der Waals surface area contributed by atoms with Gasteiger partial charge in [0, 0.05) is 18.1 Å². The van der Waals surface area contributed by atoms with Crippen molar-refractivity contribution in [1.82, 2.24) is 19.9 Å². The van der Waals surface area contributed by atoms with Crippen molar-refractivity contribution in [2.45, 2.75) is 6.54 Å². The Morgan fingerprint density at radius 3 is 2.95 bits per heavy atom. The smallest absolute Gasteiger partial charge is 0.182 e. The van der Waals surface area contributed by atoms with Crippen LogP contribution in [0.15, 0.2) is 35.3 Å². The summed E-state index contributed by atoms with van der Waals surface area (Å²) < 4.78 is 6.31. The van der Waals surface area contributed by atoms with Crippen molar-refractivity contribution in [2.24, 2.45) is 0 Å². The Labute approximate surface area is 130 Å². The Kier molecular flexibility index (Phi) is 3.74. The minimum absolute atomic E-state index is 0.663. The van der Waals surface area contributed by atoms with Gasteiger partial charge in [0.15, 0.2) is 11.5 Å². The lowest BCUT2D eigenvalue weighted by Gasteiger charge is -2.19. The lowest BCUT2D eigenvalue weighted by atomic mass is 10.2. The molecule has 7 heteroatoms. The number of imidazole rings is 1. The van der Waals surface area contributed by atoms with Crippen LogP contribution < -0.4 is 9.64 Å². The van der Waals surface area contributed by atoms with E-state index >= 15 is 0 Å². The first-order valence-electron chi connectivity index (χ1n) is 6.36. The van der Waals surface area contributed by atoms with E-state index in [1.165, 1.54) is 6.33 Å². The van der Waals surface area contributed by atoms with Crippen molar-refractivity contribution in [3.05, 3.63) is 40.9 Å². The molecule has 0 spiro atoms. The Balaban J connectivity index is 1.93. The SMILES string of the molecule is COc1ccc(Br)c(CN(C)c2ncnc3nc[nH]c23)c1. The number of benzene rings is 1. The number of rotatable bonds is 4. The molecule has 1 aromatic carbocycles. The molecule has 0 fully saturated rings. The molecule has 0 saturated carbocycles. The summed E-state index contributed by atoms with van der Waals surface area (Å²) in [6, 6.07) is 5.91. The Morgan fingerprint density at radius 2 is 2.14 bits per heavy atom. The molecule has 0 amide bonds. The number of H-pyrrole nitrogens is 1. The number of nitrogens with one attached hydrogen (secondary N) is 1. The molecule has 0 saturated heterocycles. The Bertz CT molecular complexity index is 773. The van der Waals surface area contributed by atoms with Gasteiger partial charge in [0.2, 0.25) is 0 Å². The van der Waals surface area contributed by atoms with E-state index in [0.29, 0.717) is 12.2 Å². The molecule has 6 nitrogen and oxygen atoms in total. The summed E-state index contributed by atoms with van der Waals surface area (Å²) in [6.07, 6.45) is 3.15.